The van der Waals surface area contributed by atoms with E-state index >= 15 is 0 Å². The molecule has 0 radical (unpaired) electrons. The third-order valence-electron chi connectivity index (χ3n) is 3.02. The maximum Gasteiger partial charge on any atom is 0.154 e. The van der Waals surface area contributed by atoms with E-state index in [9.17, 15) is 8.42 Å². The molecule has 2 atom stereocenters. The fourth-order valence-electron chi connectivity index (χ4n) is 1.94. The first kappa shape index (κ1) is 11.9. The van der Waals surface area contributed by atoms with Gasteiger partial charge in [0.2, 0.25) is 0 Å². The zero-order valence-corrected chi connectivity index (χ0v) is 11.1. The first-order valence-electron chi connectivity index (χ1n) is 5.53. The molecule has 3 nitrogen and oxygen atoms in total. The van der Waals surface area contributed by atoms with Crippen molar-refractivity contribution in [2.24, 2.45) is 5.92 Å². The van der Waals surface area contributed by atoms with Crippen molar-refractivity contribution in [3.63, 3.8) is 0 Å². The second kappa shape index (κ2) is 4.72. The Morgan fingerprint density at radius 1 is 1.27 bits per heavy atom. The second-order valence-electron chi connectivity index (χ2n) is 4.59. The minimum atomic E-state index is -2.86. The Bertz CT molecular complexity index is 311. The van der Waals surface area contributed by atoms with Crippen LogP contribution in [-0.4, -0.2) is 37.5 Å². The summed E-state index contributed by atoms with van der Waals surface area (Å²) in [7, 11) is -2.86. The van der Waals surface area contributed by atoms with Gasteiger partial charge in [0.1, 0.15) is 0 Å². The molecular formula is C10H17BrO3S. The van der Waals surface area contributed by atoms with Gasteiger partial charge in [-0.2, -0.15) is 0 Å². The number of ether oxygens (including phenoxy) is 1. The number of hydrogen-bond donors (Lipinski definition) is 0. The number of sulfone groups is 1. The SMILES string of the molecule is O=S1(=O)CC(Br)C(OCCCC2CC2)C1. The van der Waals surface area contributed by atoms with Crippen LogP contribution < -0.4 is 0 Å². The third-order valence-corrected chi connectivity index (χ3v) is 6.07. The highest BCUT2D eigenvalue weighted by Crippen LogP contribution is 2.33. The Labute approximate surface area is 99.6 Å². The van der Waals surface area contributed by atoms with Crippen LogP contribution in [-0.2, 0) is 14.6 Å². The second-order valence-corrected chi connectivity index (χ2v) is 7.92. The smallest absolute Gasteiger partial charge is 0.154 e. The summed E-state index contributed by atoms with van der Waals surface area (Å²) in [6.07, 6.45) is 4.93. The normalized spacial score (nSPS) is 34.5. The van der Waals surface area contributed by atoms with E-state index in [1.165, 1.54) is 19.3 Å². The molecular weight excluding hydrogens is 280 g/mol. The maximum absolute atomic E-state index is 11.3. The van der Waals surface area contributed by atoms with Gasteiger partial charge in [0.05, 0.1) is 22.4 Å². The van der Waals surface area contributed by atoms with Gasteiger partial charge in [0, 0.05) is 6.61 Å². The van der Waals surface area contributed by atoms with E-state index in [0.717, 1.165) is 12.3 Å². The fraction of sp³-hybridized carbons (Fsp3) is 1.00. The summed E-state index contributed by atoms with van der Waals surface area (Å²) in [6.45, 7) is 0.707. The zero-order chi connectivity index (χ0) is 10.9. The average molecular weight is 297 g/mol. The van der Waals surface area contributed by atoms with Crippen molar-refractivity contribution in [1.82, 2.24) is 0 Å². The molecule has 0 aromatic rings. The van der Waals surface area contributed by atoms with Crippen LogP contribution in [0.15, 0.2) is 0 Å². The Balaban J connectivity index is 1.65. The lowest BCUT2D eigenvalue weighted by Gasteiger charge is -2.13. The average Bonchev–Trinajstić information content (AvgIpc) is 2.88. The number of rotatable bonds is 5. The molecule has 5 heteroatoms. The molecule has 0 aromatic carbocycles. The van der Waals surface area contributed by atoms with E-state index in [1.54, 1.807) is 0 Å². The maximum atomic E-state index is 11.3. The molecule has 0 N–H and O–H groups in total. The lowest BCUT2D eigenvalue weighted by molar-refractivity contribution is 0.0720. The molecule has 88 valence electrons. The molecule has 15 heavy (non-hydrogen) atoms. The van der Waals surface area contributed by atoms with Crippen LogP contribution in [0.2, 0.25) is 0 Å². The topological polar surface area (TPSA) is 43.4 Å². The summed E-state index contributed by atoms with van der Waals surface area (Å²) in [6, 6.07) is 0. The lowest BCUT2D eigenvalue weighted by atomic mass is 10.2. The van der Waals surface area contributed by atoms with Crippen molar-refractivity contribution in [1.29, 1.82) is 0 Å². The molecule has 1 heterocycles. The summed E-state index contributed by atoms with van der Waals surface area (Å²) < 4.78 is 28.2. The van der Waals surface area contributed by atoms with Crippen LogP contribution in [0, 0.1) is 5.92 Å². The van der Waals surface area contributed by atoms with Crippen LogP contribution >= 0.6 is 15.9 Å². The van der Waals surface area contributed by atoms with E-state index in [2.05, 4.69) is 15.9 Å². The summed E-state index contributed by atoms with van der Waals surface area (Å²) in [5, 5.41) is 0. The van der Waals surface area contributed by atoms with Gasteiger partial charge < -0.3 is 4.74 Å². The molecule has 1 saturated carbocycles. The number of alkyl halides is 1. The van der Waals surface area contributed by atoms with Gasteiger partial charge in [-0.25, -0.2) is 8.42 Å². The van der Waals surface area contributed by atoms with Gasteiger partial charge in [0.25, 0.3) is 0 Å². The number of halogens is 1. The third kappa shape index (κ3) is 3.71. The summed E-state index contributed by atoms with van der Waals surface area (Å²) in [5.41, 5.74) is 0. The highest BCUT2D eigenvalue weighted by Gasteiger charge is 2.36. The van der Waals surface area contributed by atoms with E-state index < -0.39 is 9.84 Å². The predicted octanol–water partition coefficient (Wildman–Crippen LogP) is 1.75. The minimum absolute atomic E-state index is 0.0107. The van der Waals surface area contributed by atoms with E-state index in [0.29, 0.717) is 6.61 Å². The molecule has 0 spiro atoms. The summed E-state index contributed by atoms with van der Waals surface area (Å²) in [4.78, 5) is -0.0107. The molecule has 2 aliphatic rings. The van der Waals surface area contributed by atoms with Crippen molar-refractivity contribution in [2.45, 2.75) is 36.6 Å². The van der Waals surface area contributed by atoms with Gasteiger partial charge >= 0.3 is 0 Å². The van der Waals surface area contributed by atoms with E-state index in [-0.39, 0.29) is 22.4 Å². The molecule has 1 aliphatic carbocycles. The molecule has 1 aliphatic heterocycles. The summed E-state index contributed by atoms with van der Waals surface area (Å²) in [5.74, 6) is 1.34. The van der Waals surface area contributed by atoms with Crippen LogP contribution in [0.1, 0.15) is 25.7 Å². The fourth-order valence-corrected chi connectivity index (χ4v) is 5.40. The molecule has 0 bridgehead atoms. The quantitative estimate of drug-likeness (QED) is 0.573. The van der Waals surface area contributed by atoms with Crippen LogP contribution in [0.5, 0.6) is 0 Å². The van der Waals surface area contributed by atoms with Crippen LogP contribution in [0.3, 0.4) is 0 Å². The molecule has 2 fully saturated rings. The highest BCUT2D eigenvalue weighted by molar-refractivity contribution is 9.09. The first-order valence-corrected chi connectivity index (χ1v) is 8.26. The Morgan fingerprint density at radius 3 is 2.53 bits per heavy atom. The standard InChI is InChI=1S/C10H17BrO3S/c11-9-6-15(12,13)7-10(9)14-5-1-2-8-3-4-8/h8-10H,1-7H2. The van der Waals surface area contributed by atoms with Gasteiger partial charge in [-0.15, -0.1) is 0 Å². The van der Waals surface area contributed by atoms with Gasteiger partial charge in [-0.3, -0.25) is 0 Å². The van der Waals surface area contributed by atoms with Crippen molar-refractivity contribution < 1.29 is 13.2 Å². The molecule has 1 saturated heterocycles. The Hall–Kier alpha value is 0.390. The molecule has 2 unspecified atom stereocenters. The minimum Gasteiger partial charge on any atom is -0.376 e. The monoisotopic (exact) mass is 296 g/mol. The van der Waals surface area contributed by atoms with E-state index in [4.69, 9.17) is 4.74 Å². The highest BCUT2D eigenvalue weighted by atomic mass is 79.9. The van der Waals surface area contributed by atoms with Crippen molar-refractivity contribution in [3.05, 3.63) is 0 Å². The lowest BCUT2D eigenvalue weighted by Crippen LogP contribution is -2.22. The van der Waals surface area contributed by atoms with Crippen molar-refractivity contribution in [3.8, 4) is 0 Å². The summed E-state index contributed by atoms with van der Waals surface area (Å²) >= 11 is 3.37. The Morgan fingerprint density at radius 2 is 2.00 bits per heavy atom. The molecule has 0 aromatic heterocycles. The van der Waals surface area contributed by atoms with Crippen LogP contribution in [0.4, 0.5) is 0 Å². The predicted molar refractivity (Wildman–Crippen MR) is 63.1 cm³/mol. The van der Waals surface area contributed by atoms with Crippen LogP contribution in [0.25, 0.3) is 0 Å². The molecule has 2 rings (SSSR count). The molecule has 0 amide bonds. The number of hydrogen-bond acceptors (Lipinski definition) is 3. The van der Waals surface area contributed by atoms with Gasteiger partial charge in [-0.1, -0.05) is 28.8 Å². The largest absolute Gasteiger partial charge is 0.376 e. The van der Waals surface area contributed by atoms with Crippen molar-refractivity contribution >= 4 is 25.8 Å². The Kier molecular flexibility index (Phi) is 3.73. The van der Waals surface area contributed by atoms with Crippen molar-refractivity contribution in [2.75, 3.05) is 18.1 Å². The van der Waals surface area contributed by atoms with E-state index in [1.807, 2.05) is 0 Å². The zero-order valence-electron chi connectivity index (χ0n) is 8.69. The van der Waals surface area contributed by atoms with Gasteiger partial charge in [-0.05, 0) is 18.8 Å². The van der Waals surface area contributed by atoms with Gasteiger partial charge in [0.15, 0.2) is 9.84 Å². The first-order chi connectivity index (χ1) is 7.07.